The molecule has 2 aliphatic rings. The highest BCUT2D eigenvalue weighted by atomic mass is 19.4. The first kappa shape index (κ1) is 17.7. The molecule has 0 bridgehead atoms. The molecule has 4 nitrogen and oxygen atoms in total. The molecule has 0 aromatic heterocycles. The third-order valence-corrected chi connectivity index (χ3v) is 5.17. The number of halogens is 3. The molecule has 7 heteroatoms. The van der Waals surface area contributed by atoms with Crippen LogP contribution in [0.3, 0.4) is 0 Å². The second-order valence-electron chi connectivity index (χ2n) is 7.00. The van der Waals surface area contributed by atoms with E-state index in [0.29, 0.717) is 31.5 Å². The van der Waals surface area contributed by atoms with E-state index in [1.807, 2.05) is 0 Å². The minimum atomic E-state index is -4.76. The Labute approximate surface area is 154 Å². The van der Waals surface area contributed by atoms with E-state index in [4.69, 9.17) is 0 Å². The first-order valence-electron chi connectivity index (χ1n) is 8.76. The fraction of sp³-hybridized carbons (Fsp3) is 0.350. The molecule has 1 heterocycles. The molecule has 1 fully saturated rings. The van der Waals surface area contributed by atoms with Crippen LogP contribution in [-0.2, 0) is 17.8 Å². The van der Waals surface area contributed by atoms with E-state index in [0.717, 1.165) is 11.1 Å². The van der Waals surface area contributed by atoms with E-state index in [1.54, 1.807) is 35.2 Å². The van der Waals surface area contributed by atoms with Gasteiger partial charge in [-0.05, 0) is 53.6 Å². The van der Waals surface area contributed by atoms with Gasteiger partial charge in [0.15, 0.2) is 0 Å². The number of amides is 1. The maximum absolute atomic E-state index is 12.8. The molecule has 0 saturated heterocycles. The zero-order valence-electron chi connectivity index (χ0n) is 14.4. The second-order valence-corrected chi connectivity index (χ2v) is 7.00. The molecule has 142 valence electrons. The number of aromatic hydroxyl groups is 1. The Kier molecular flexibility index (Phi) is 4.25. The number of rotatable bonds is 3. The number of carbonyl (C=O) groups is 1. The minimum absolute atomic E-state index is 0.0412. The Morgan fingerprint density at radius 2 is 1.93 bits per heavy atom. The Bertz CT molecular complexity index is 881. The fourth-order valence-corrected chi connectivity index (χ4v) is 3.78. The van der Waals surface area contributed by atoms with Gasteiger partial charge in [-0.3, -0.25) is 4.79 Å². The Morgan fingerprint density at radius 1 is 1.15 bits per heavy atom. The zero-order valence-corrected chi connectivity index (χ0v) is 14.4. The van der Waals surface area contributed by atoms with Crippen molar-refractivity contribution in [3.63, 3.8) is 0 Å². The predicted octanol–water partition coefficient (Wildman–Crippen LogP) is 3.98. The van der Waals surface area contributed by atoms with Gasteiger partial charge in [0.25, 0.3) is 0 Å². The number of phenolic OH excluding ortho intramolecular Hbond substituents is 1. The van der Waals surface area contributed by atoms with Crippen LogP contribution >= 0.6 is 0 Å². The van der Waals surface area contributed by atoms with Crippen LogP contribution in [0.15, 0.2) is 42.5 Å². The van der Waals surface area contributed by atoms with Gasteiger partial charge in [-0.15, -0.1) is 13.2 Å². The average Bonchev–Trinajstić information content (AvgIpc) is 3.40. The van der Waals surface area contributed by atoms with E-state index in [-0.39, 0.29) is 29.2 Å². The normalized spacial score (nSPS) is 21.5. The van der Waals surface area contributed by atoms with Crippen molar-refractivity contribution < 1.29 is 27.8 Å². The van der Waals surface area contributed by atoms with Crippen molar-refractivity contribution in [2.24, 2.45) is 5.92 Å². The zero-order chi connectivity index (χ0) is 19.2. The summed E-state index contributed by atoms with van der Waals surface area (Å²) in [6.45, 7) is 0.998. The molecule has 1 saturated carbocycles. The van der Waals surface area contributed by atoms with E-state index in [2.05, 4.69) is 4.74 Å². The highest BCUT2D eigenvalue weighted by Crippen LogP contribution is 2.52. The summed E-state index contributed by atoms with van der Waals surface area (Å²) in [5.74, 6) is -0.638. The van der Waals surface area contributed by atoms with Crippen LogP contribution in [0.1, 0.15) is 29.0 Å². The summed E-state index contributed by atoms with van der Waals surface area (Å²) in [4.78, 5) is 14.6. The molecular formula is C20H18F3NO3. The van der Waals surface area contributed by atoms with Crippen molar-refractivity contribution in [3.05, 3.63) is 59.2 Å². The van der Waals surface area contributed by atoms with Gasteiger partial charge >= 0.3 is 6.36 Å². The van der Waals surface area contributed by atoms with E-state index < -0.39 is 6.36 Å². The van der Waals surface area contributed by atoms with Crippen molar-refractivity contribution in [1.29, 1.82) is 0 Å². The Morgan fingerprint density at radius 3 is 2.70 bits per heavy atom. The minimum Gasteiger partial charge on any atom is -0.508 e. The van der Waals surface area contributed by atoms with Crippen molar-refractivity contribution in [2.45, 2.75) is 31.7 Å². The lowest BCUT2D eigenvalue weighted by atomic mass is 9.99. The highest BCUT2D eigenvalue weighted by Gasteiger charge is 2.48. The number of nitrogens with zero attached hydrogens (tertiary/aromatic N) is 1. The number of carbonyl (C=O) groups excluding carboxylic acids is 1. The van der Waals surface area contributed by atoms with Crippen LogP contribution in [0.2, 0.25) is 0 Å². The number of benzene rings is 2. The number of phenols is 1. The molecule has 1 N–H and O–H groups in total. The summed E-state index contributed by atoms with van der Waals surface area (Å²) in [6.07, 6.45) is -3.58. The molecular weight excluding hydrogens is 359 g/mol. The van der Waals surface area contributed by atoms with Gasteiger partial charge in [-0.1, -0.05) is 24.3 Å². The summed E-state index contributed by atoms with van der Waals surface area (Å²) >= 11 is 0. The van der Waals surface area contributed by atoms with Crippen molar-refractivity contribution in [3.8, 4) is 11.5 Å². The molecule has 2 atom stereocenters. The molecule has 1 aliphatic carbocycles. The van der Waals surface area contributed by atoms with Gasteiger partial charge < -0.3 is 14.7 Å². The number of hydrogen-bond donors (Lipinski definition) is 1. The summed E-state index contributed by atoms with van der Waals surface area (Å²) in [6, 6.07) is 11.1. The maximum atomic E-state index is 12.8. The lowest BCUT2D eigenvalue weighted by Crippen LogP contribution is -2.37. The molecule has 0 spiro atoms. The number of fused-ring (bicyclic) bond motifs is 1. The summed E-state index contributed by atoms with van der Waals surface area (Å²) in [5.41, 5.74) is 2.44. The largest absolute Gasteiger partial charge is 0.573 e. The molecule has 27 heavy (non-hydrogen) atoms. The van der Waals surface area contributed by atoms with Crippen LogP contribution in [0.25, 0.3) is 0 Å². The Balaban J connectivity index is 1.47. The van der Waals surface area contributed by atoms with Gasteiger partial charge in [0, 0.05) is 19.0 Å². The third-order valence-electron chi connectivity index (χ3n) is 5.17. The highest BCUT2D eigenvalue weighted by molar-refractivity contribution is 5.83. The fourth-order valence-electron chi connectivity index (χ4n) is 3.78. The van der Waals surface area contributed by atoms with Gasteiger partial charge in [0.1, 0.15) is 11.5 Å². The molecule has 0 radical (unpaired) electrons. The average molecular weight is 377 g/mol. The molecule has 4 rings (SSSR count). The van der Waals surface area contributed by atoms with E-state index in [1.165, 1.54) is 12.1 Å². The standard InChI is InChI=1S/C20H18F3NO3/c21-20(22,23)27-18-4-2-1-3-15(18)16-10-17(16)19(26)24-8-7-12-9-14(25)6-5-13(12)11-24/h1-6,9,16-17,25H,7-8,10-11H2. The monoisotopic (exact) mass is 377 g/mol. The molecule has 2 unspecified atom stereocenters. The van der Waals surface area contributed by atoms with E-state index >= 15 is 0 Å². The van der Waals surface area contributed by atoms with Gasteiger partial charge in [-0.2, -0.15) is 0 Å². The lowest BCUT2D eigenvalue weighted by molar-refractivity contribution is -0.274. The van der Waals surface area contributed by atoms with Crippen molar-refractivity contribution >= 4 is 5.91 Å². The number of para-hydroxylation sites is 1. The SMILES string of the molecule is O=C(C1CC1c1ccccc1OC(F)(F)F)N1CCc2cc(O)ccc2C1. The van der Waals surface area contributed by atoms with Crippen molar-refractivity contribution in [1.82, 2.24) is 4.90 Å². The predicted molar refractivity (Wildman–Crippen MR) is 91.2 cm³/mol. The molecule has 1 amide bonds. The Hall–Kier alpha value is -2.70. The summed E-state index contributed by atoms with van der Waals surface area (Å²) < 4.78 is 41.9. The lowest BCUT2D eigenvalue weighted by Gasteiger charge is -2.29. The van der Waals surface area contributed by atoms with Crippen LogP contribution in [0.5, 0.6) is 11.5 Å². The number of ether oxygens (including phenoxy) is 1. The quantitative estimate of drug-likeness (QED) is 0.880. The second kappa shape index (κ2) is 6.48. The molecule has 2 aromatic carbocycles. The third kappa shape index (κ3) is 3.72. The summed E-state index contributed by atoms with van der Waals surface area (Å²) in [5, 5.41) is 9.56. The van der Waals surface area contributed by atoms with E-state index in [9.17, 15) is 23.1 Å². The van der Waals surface area contributed by atoms with Gasteiger partial charge in [0.2, 0.25) is 5.91 Å². The van der Waals surface area contributed by atoms with Crippen LogP contribution in [0, 0.1) is 5.92 Å². The van der Waals surface area contributed by atoms with Crippen LogP contribution in [-0.4, -0.2) is 28.8 Å². The number of hydrogen-bond acceptors (Lipinski definition) is 3. The smallest absolute Gasteiger partial charge is 0.508 e. The molecule has 2 aromatic rings. The summed E-state index contributed by atoms with van der Waals surface area (Å²) in [7, 11) is 0. The number of alkyl halides is 3. The van der Waals surface area contributed by atoms with Gasteiger partial charge in [0.05, 0.1) is 0 Å². The first-order valence-corrected chi connectivity index (χ1v) is 8.76. The van der Waals surface area contributed by atoms with Crippen LogP contribution < -0.4 is 4.74 Å². The van der Waals surface area contributed by atoms with Crippen LogP contribution in [0.4, 0.5) is 13.2 Å². The topological polar surface area (TPSA) is 49.8 Å². The van der Waals surface area contributed by atoms with Gasteiger partial charge in [-0.25, -0.2) is 0 Å². The first-order chi connectivity index (χ1) is 12.8. The molecule has 1 aliphatic heterocycles. The maximum Gasteiger partial charge on any atom is 0.573 e. The van der Waals surface area contributed by atoms with Crippen molar-refractivity contribution in [2.75, 3.05) is 6.54 Å².